The second-order valence-corrected chi connectivity index (χ2v) is 7.33. The molecular formula is C18H21FN2O4S. The van der Waals surface area contributed by atoms with E-state index in [0.29, 0.717) is 13.1 Å². The maximum atomic E-state index is 13.3. The van der Waals surface area contributed by atoms with Crippen molar-refractivity contribution >= 4 is 21.6 Å². The van der Waals surface area contributed by atoms with E-state index in [2.05, 4.69) is 5.32 Å². The number of rotatable bonds is 7. The second kappa shape index (κ2) is 8.29. The van der Waals surface area contributed by atoms with E-state index >= 15 is 0 Å². The summed E-state index contributed by atoms with van der Waals surface area (Å²) >= 11 is 0. The topological polar surface area (TPSA) is 75.7 Å². The number of nitrogens with zero attached hydrogens (tertiary/aromatic N) is 1. The first kappa shape index (κ1) is 19.9. The van der Waals surface area contributed by atoms with Gasteiger partial charge in [-0.2, -0.15) is 4.31 Å². The molecule has 0 aliphatic rings. The first-order valence-electron chi connectivity index (χ1n) is 8.08. The van der Waals surface area contributed by atoms with Gasteiger partial charge in [0.2, 0.25) is 10.0 Å². The van der Waals surface area contributed by atoms with Crippen LogP contribution in [0.1, 0.15) is 24.2 Å². The third-order valence-corrected chi connectivity index (χ3v) is 5.90. The Labute approximate surface area is 152 Å². The summed E-state index contributed by atoms with van der Waals surface area (Å²) in [4.78, 5) is 12.3. The monoisotopic (exact) mass is 380 g/mol. The van der Waals surface area contributed by atoms with E-state index < -0.39 is 21.7 Å². The number of ether oxygens (including phenoxy) is 1. The number of benzene rings is 2. The lowest BCUT2D eigenvalue weighted by molar-refractivity contribution is 0.102. The van der Waals surface area contributed by atoms with Gasteiger partial charge in [-0.05, 0) is 36.4 Å². The number of hydrogen-bond donors (Lipinski definition) is 1. The van der Waals surface area contributed by atoms with Crippen LogP contribution in [-0.2, 0) is 10.0 Å². The van der Waals surface area contributed by atoms with E-state index in [1.165, 1.54) is 53.9 Å². The molecule has 0 saturated carbocycles. The van der Waals surface area contributed by atoms with Gasteiger partial charge in [0.25, 0.3) is 5.91 Å². The molecule has 0 heterocycles. The van der Waals surface area contributed by atoms with Crippen molar-refractivity contribution in [2.45, 2.75) is 18.7 Å². The van der Waals surface area contributed by atoms with E-state index in [4.69, 9.17) is 4.74 Å². The molecule has 0 radical (unpaired) electrons. The Hall–Kier alpha value is -2.45. The average Bonchev–Trinajstić information content (AvgIpc) is 2.62. The summed E-state index contributed by atoms with van der Waals surface area (Å²) in [5.74, 6) is -0.879. The van der Waals surface area contributed by atoms with Crippen LogP contribution >= 0.6 is 0 Å². The Bertz CT molecular complexity index is 896. The molecule has 0 fully saturated rings. The van der Waals surface area contributed by atoms with Crippen LogP contribution in [0.3, 0.4) is 0 Å². The predicted octanol–water partition coefficient (Wildman–Crippen LogP) is 3.12. The van der Waals surface area contributed by atoms with Gasteiger partial charge in [0, 0.05) is 24.3 Å². The molecule has 0 aliphatic heterocycles. The first-order chi connectivity index (χ1) is 12.3. The van der Waals surface area contributed by atoms with E-state index in [1.54, 1.807) is 13.8 Å². The molecule has 140 valence electrons. The number of halogens is 1. The van der Waals surface area contributed by atoms with Crippen molar-refractivity contribution in [1.29, 1.82) is 0 Å². The van der Waals surface area contributed by atoms with Crippen LogP contribution in [0, 0.1) is 5.82 Å². The van der Waals surface area contributed by atoms with Gasteiger partial charge in [0.05, 0.1) is 7.11 Å². The zero-order valence-electron chi connectivity index (χ0n) is 14.8. The van der Waals surface area contributed by atoms with Crippen molar-refractivity contribution < 1.29 is 22.3 Å². The number of carbonyl (C=O) groups excluding carboxylic acids is 1. The summed E-state index contributed by atoms with van der Waals surface area (Å²) in [5.41, 5.74) is 0.403. The van der Waals surface area contributed by atoms with Crippen LogP contribution in [0.5, 0.6) is 5.75 Å². The Morgan fingerprint density at radius 2 is 1.85 bits per heavy atom. The summed E-state index contributed by atoms with van der Waals surface area (Å²) in [6.07, 6.45) is 0. The van der Waals surface area contributed by atoms with Crippen molar-refractivity contribution in [2.75, 3.05) is 25.5 Å². The molecule has 0 aromatic heterocycles. The van der Waals surface area contributed by atoms with E-state index in [1.807, 2.05) is 0 Å². The minimum atomic E-state index is -3.81. The SMILES string of the molecule is CCN(CC)S(=O)(=O)c1cc(C(=O)Nc2cccc(F)c2)ccc1OC. The average molecular weight is 380 g/mol. The van der Waals surface area contributed by atoms with Crippen molar-refractivity contribution in [2.24, 2.45) is 0 Å². The molecule has 6 nitrogen and oxygen atoms in total. The molecule has 2 rings (SSSR count). The van der Waals surface area contributed by atoms with Crippen LogP contribution in [0.25, 0.3) is 0 Å². The summed E-state index contributed by atoms with van der Waals surface area (Å²) in [6.45, 7) is 4.05. The van der Waals surface area contributed by atoms with Crippen LogP contribution in [0.4, 0.5) is 10.1 Å². The third kappa shape index (κ3) is 4.20. The Morgan fingerprint density at radius 1 is 1.15 bits per heavy atom. The van der Waals surface area contributed by atoms with E-state index in [9.17, 15) is 17.6 Å². The normalized spacial score (nSPS) is 11.4. The summed E-state index contributed by atoms with van der Waals surface area (Å²) in [7, 11) is -2.45. The minimum Gasteiger partial charge on any atom is -0.495 e. The number of methoxy groups -OCH3 is 1. The standard InChI is InChI=1S/C18H21FN2O4S/c1-4-21(5-2)26(23,24)17-11-13(9-10-16(17)25-3)18(22)20-15-8-6-7-14(19)12-15/h6-12H,4-5H2,1-3H3,(H,20,22). The maximum Gasteiger partial charge on any atom is 0.255 e. The summed E-state index contributed by atoms with van der Waals surface area (Å²) in [6, 6.07) is 9.59. The molecule has 1 amide bonds. The lowest BCUT2D eigenvalue weighted by Crippen LogP contribution is -2.31. The highest BCUT2D eigenvalue weighted by molar-refractivity contribution is 7.89. The molecule has 0 saturated heterocycles. The van der Waals surface area contributed by atoms with Crippen molar-refractivity contribution in [3.63, 3.8) is 0 Å². The van der Waals surface area contributed by atoms with Crippen molar-refractivity contribution in [1.82, 2.24) is 4.31 Å². The van der Waals surface area contributed by atoms with Crippen LogP contribution in [0.2, 0.25) is 0 Å². The van der Waals surface area contributed by atoms with Crippen LogP contribution in [0.15, 0.2) is 47.4 Å². The molecule has 8 heteroatoms. The smallest absolute Gasteiger partial charge is 0.255 e. The minimum absolute atomic E-state index is 0.0874. The van der Waals surface area contributed by atoms with Crippen LogP contribution < -0.4 is 10.1 Å². The number of nitrogens with one attached hydrogen (secondary N) is 1. The molecule has 0 spiro atoms. The number of carbonyl (C=O) groups is 1. The van der Waals surface area contributed by atoms with Gasteiger partial charge in [-0.25, -0.2) is 12.8 Å². The Morgan fingerprint density at radius 3 is 2.42 bits per heavy atom. The van der Waals surface area contributed by atoms with Gasteiger partial charge in [-0.15, -0.1) is 0 Å². The predicted molar refractivity (Wildman–Crippen MR) is 97.5 cm³/mol. The highest BCUT2D eigenvalue weighted by Crippen LogP contribution is 2.28. The lowest BCUT2D eigenvalue weighted by atomic mass is 10.2. The van der Waals surface area contributed by atoms with Crippen molar-refractivity contribution in [3.8, 4) is 5.75 Å². The molecule has 0 atom stereocenters. The highest BCUT2D eigenvalue weighted by Gasteiger charge is 2.26. The van der Waals surface area contributed by atoms with Gasteiger partial charge in [-0.3, -0.25) is 4.79 Å². The molecule has 1 N–H and O–H groups in total. The molecule has 0 bridgehead atoms. The zero-order chi connectivity index (χ0) is 19.3. The number of anilines is 1. The quantitative estimate of drug-likeness (QED) is 0.801. The number of hydrogen-bond acceptors (Lipinski definition) is 4. The molecule has 0 unspecified atom stereocenters. The number of sulfonamides is 1. The van der Waals surface area contributed by atoms with Gasteiger partial charge in [-0.1, -0.05) is 19.9 Å². The highest BCUT2D eigenvalue weighted by atomic mass is 32.2. The summed E-state index contributed by atoms with van der Waals surface area (Å²) in [5, 5.41) is 2.54. The zero-order valence-corrected chi connectivity index (χ0v) is 15.6. The molecular weight excluding hydrogens is 359 g/mol. The second-order valence-electron chi connectivity index (χ2n) is 5.42. The first-order valence-corrected chi connectivity index (χ1v) is 9.52. The lowest BCUT2D eigenvalue weighted by Gasteiger charge is -2.20. The van der Waals surface area contributed by atoms with Gasteiger partial charge in [0.1, 0.15) is 16.5 Å². The largest absolute Gasteiger partial charge is 0.495 e. The van der Waals surface area contributed by atoms with E-state index in [-0.39, 0.29) is 21.9 Å². The fraction of sp³-hybridized carbons (Fsp3) is 0.278. The fourth-order valence-electron chi connectivity index (χ4n) is 2.49. The van der Waals surface area contributed by atoms with Crippen molar-refractivity contribution in [3.05, 3.63) is 53.8 Å². The molecule has 0 aliphatic carbocycles. The maximum absolute atomic E-state index is 13.3. The Balaban J connectivity index is 2.41. The number of amides is 1. The van der Waals surface area contributed by atoms with Gasteiger partial charge < -0.3 is 10.1 Å². The van der Waals surface area contributed by atoms with Crippen LogP contribution in [-0.4, -0.2) is 38.8 Å². The fourth-order valence-corrected chi connectivity index (χ4v) is 4.13. The third-order valence-electron chi connectivity index (χ3n) is 3.83. The molecule has 26 heavy (non-hydrogen) atoms. The molecule has 2 aromatic carbocycles. The van der Waals surface area contributed by atoms with E-state index in [0.717, 1.165) is 0 Å². The van der Waals surface area contributed by atoms with Gasteiger partial charge >= 0.3 is 0 Å². The van der Waals surface area contributed by atoms with Gasteiger partial charge in [0.15, 0.2) is 0 Å². The summed E-state index contributed by atoms with van der Waals surface area (Å²) < 4.78 is 45.3. The molecule has 2 aromatic rings. The Kier molecular flexibility index (Phi) is 6.33.